The number of halogens is 1. The second kappa shape index (κ2) is 14.1. The van der Waals surface area contributed by atoms with Crippen LogP contribution in [0.3, 0.4) is 0 Å². The molecule has 2 bridgehead atoms. The molecule has 46 heavy (non-hydrogen) atoms. The van der Waals surface area contributed by atoms with E-state index in [0.29, 0.717) is 56.0 Å². The third-order valence-corrected chi connectivity index (χ3v) is 10.3. The Morgan fingerprint density at radius 2 is 1.74 bits per heavy atom. The van der Waals surface area contributed by atoms with Gasteiger partial charge in [-0.2, -0.15) is 0 Å². The lowest BCUT2D eigenvalue weighted by Gasteiger charge is -2.37. The van der Waals surface area contributed by atoms with Gasteiger partial charge in [-0.15, -0.1) is 13.2 Å². The van der Waals surface area contributed by atoms with Gasteiger partial charge < -0.3 is 24.5 Å². The van der Waals surface area contributed by atoms with E-state index in [9.17, 15) is 19.5 Å². The molecule has 2 unspecified atom stereocenters. The topological polar surface area (TPSA) is 90.4 Å². The average molecular weight is 648 g/mol. The lowest BCUT2D eigenvalue weighted by Crippen LogP contribution is -2.56. The molecular weight excluding hydrogens is 602 g/mol. The quantitative estimate of drug-likeness (QED) is 0.198. The van der Waals surface area contributed by atoms with Crippen molar-refractivity contribution in [1.82, 2.24) is 9.80 Å². The number of nitrogens with zero attached hydrogens (tertiary/aromatic N) is 3. The van der Waals surface area contributed by atoms with Crippen molar-refractivity contribution in [1.29, 1.82) is 0 Å². The zero-order valence-electron chi connectivity index (χ0n) is 27.0. The number of aliphatic hydroxyl groups is 1. The Hall–Kier alpha value is -3.46. The Balaban J connectivity index is 1.55. The number of aliphatic hydroxyl groups excluding tert-OH is 1. The Labute approximate surface area is 277 Å². The molecule has 1 spiro atoms. The van der Waals surface area contributed by atoms with Gasteiger partial charge in [0.1, 0.15) is 11.6 Å². The van der Waals surface area contributed by atoms with Gasteiger partial charge in [-0.25, -0.2) is 0 Å². The van der Waals surface area contributed by atoms with Crippen LogP contribution in [0.2, 0.25) is 5.02 Å². The van der Waals surface area contributed by atoms with Crippen LogP contribution in [-0.4, -0.2) is 76.1 Å². The van der Waals surface area contributed by atoms with E-state index in [1.54, 1.807) is 32.9 Å². The Bertz CT molecular complexity index is 1450. The number of likely N-dealkylation sites (tertiary alicyclic amines) is 1. The van der Waals surface area contributed by atoms with Gasteiger partial charge in [0.05, 0.1) is 28.1 Å². The molecule has 3 aliphatic heterocycles. The standard InChI is InChI=1S/C37H46ClN3O5/c1-5-21-39(25-27-16-10-9-11-17-27)33(43)29-30-34(44)41(23-12-7-8-13-24-42)32(37(30)20-19-36(29,4)46-37)35(45)40(22-6-2)31-26(3)15-14-18-28(31)38/h5-6,9-11,14-18,29-30,32,42H,1-2,7-8,12-13,19-25H2,3-4H3/t29-,30+,32?,36+,37?/m1/s1. The molecule has 9 heteroatoms. The lowest BCUT2D eigenvalue weighted by molar-refractivity contribution is -0.150. The van der Waals surface area contributed by atoms with Crippen LogP contribution in [-0.2, 0) is 25.7 Å². The summed E-state index contributed by atoms with van der Waals surface area (Å²) in [5.74, 6) is -2.21. The number of unbranched alkanes of at least 4 members (excludes halogenated alkanes) is 3. The Morgan fingerprint density at radius 3 is 2.41 bits per heavy atom. The number of fused-ring (bicyclic) bond motifs is 1. The molecule has 0 aliphatic carbocycles. The molecule has 3 aliphatic rings. The normalized spacial score (nSPS) is 26.2. The third-order valence-electron chi connectivity index (χ3n) is 10.00. The second-order valence-corrected chi connectivity index (χ2v) is 13.4. The molecular formula is C37H46ClN3O5. The van der Waals surface area contributed by atoms with Crippen molar-refractivity contribution in [3.05, 3.63) is 90.0 Å². The molecule has 0 radical (unpaired) electrons. The fourth-order valence-electron chi connectivity index (χ4n) is 7.99. The predicted octanol–water partition coefficient (Wildman–Crippen LogP) is 5.70. The molecule has 5 rings (SSSR count). The summed E-state index contributed by atoms with van der Waals surface area (Å²) >= 11 is 6.70. The molecule has 0 aromatic heterocycles. The van der Waals surface area contributed by atoms with Crippen LogP contribution in [0.25, 0.3) is 0 Å². The van der Waals surface area contributed by atoms with Crippen molar-refractivity contribution >= 4 is 35.0 Å². The molecule has 3 fully saturated rings. The van der Waals surface area contributed by atoms with Crippen molar-refractivity contribution < 1.29 is 24.2 Å². The van der Waals surface area contributed by atoms with Gasteiger partial charge in [0.15, 0.2) is 0 Å². The van der Waals surface area contributed by atoms with Crippen molar-refractivity contribution in [2.45, 2.75) is 76.2 Å². The summed E-state index contributed by atoms with van der Waals surface area (Å²) < 4.78 is 6.91. The van der Waals surface area contributed by atoms with E-state index >= 15 is 0 Å². The molecule has 5 atom stereocenters. The first-order chi connectivity index (χ1) is 22.1. The van der Waals surface area contributed by atoms with Crippen molar-refractivity contribution in [2.24, 2.45) is 11.8 Å². The first kappa shape index (κ1) is 33.9. The number of carbonyl (C=O) groups excluding carboxylic acids is 3. The van der Waals surface area contributed by atoms with Crippen LogP contribution >= 0.6 is 11.6 Å². The predicted molar refractivity (Wildman–Crippen MR) is 180 cm³/mol. The molecule has 0 saturated carbocycles. The molecule has 3 saturated heterocycles. The van der Waals surface area contributed by atoms with Crippen LogP contribution < -0.4 is 4.90 Å². The molecule has 2 aromatic rings. The first-order valence-corrected chi connectivity index (χ1v) is 16.7. The third kappa shape index (κ3) is 6.03. The zero-order chi connectivity index (χ0) is 33.1. The summed E-state index contributed by atoms with van der Waals surface area (Å²) in [6, 6.07) is 14.3. The van der Waals surface area contributed by atoms with Crippen LogP contribution in [0.5, 0.6) is 0 Å². The minimum Gasteiger partial charge on any atom is -0.396 e. The Kier molecular flexibility index (Phi) is 10.4. The van der Waals surface area contributed by atoms with E-state index < -0.39 is 29.1 Å². The maximum absolute atomic E-state index is 14.9. The fourth-order valence-corrected chi connectivity index (χ4v) is 8.31. The van der Waals surface area contributed by atoms with Crippen molar-refractivity contribution in [3.63, 3.8) is 0 Å². The molecule has 246 valence electrons. The van der Waals surface area contributed by atoms with Gasteiger partial charge in [0, 0.05) is 32.8 Å². The van der Waals surface area contributed by atoms with Crippen molar-refractivity contribution in [3.8, 4) is 0 Å². The number of hydrogen-bond acceptors (Lipinski definition) is 5. The average Bonchev–Trinajstić information content (AvgIpc) is 3.60. The van der Waals surface area contributed by atoms with Gasteiger partial charge in [-0.3, -0.25) is 14.4 Å². The van der Waals surface area contributed by atoms with Crippen LogP contribution in [0, 0.1) is 18.8 Å². The lowest BCUT2D eigenvalue weighted by atomic mass is 9.66. The highest BCUT2D eigenvalue weighted by Crippen LogP contribution is 2.63. The van der Waals surface area contributed by atoms with E-state index in [-0.39, 0.29) is 30.9 Å². The number of hydrogen-bond donors (Lipinski definition) is 1. The van der Waals surface area contributed by atoms with Gasteiger partial charge in [-0.1, -0.05) is 79.1 Å². The maximum Gasteiger partial charge on any atom is 0.253 e. The molecule has 3 heterocycles. The number of anilines is 1. The molecule has 3 amide bonds. The molecule has 2 aromatic carbocycles. The highest BCUT2D eigenvalue weighted by molar-refractivity contribution is 6.34. The second-order valence-electron chi connectivity index (χ2n) is 13.0. The number of benzene rings is 2. The fraction of sp³-hybridized carbons (Fsp3) is 0.486. The van der Waals surface area contributed by atoms with E-state index in [1.165, 1.54) is 0 Å². The molecule has 8 nitrogen and oxygen atoms in total. The number of aryl methyl sites for hydroxylation is 1. The van der Waals surface area contributed by atoms with Crippen LogP contribution in [0.1, 0.15) is 56.6 Å². The van der Waals surface area contributed by atoms with Gasteiger partial charge in [0.2, 0.25) is 11.8 Å². The van der Waals surface area contributed by atoms with E-state index in [4.69, 9.17) is 16.3 Å². The maximum atomic E-state index is 14.9. The number of amides is 3. The molecule has 1 N–H and O–H groups in total. The zero-order valence-corrected chi connectivity index (χ0v) is 27.8. The van der Waals surface area contributed by atoms with Gasteiger partial charge in [-0.05, 0) is 56.7 Å². The Morgan fingerprint density at radius 1 is 1.02 bits per heavy atom. The number of ether oxygens (including phenoxy) is 1. The summed E-state index contributed by atoms with van der Waals surface area (Å²) in [5.41, 5.74) is 0.329. The highest BCUT2D eigenvalue weighted by Gasteiger charge is 2.78. The largest absolute Gasteiger partial charge is 0.396 e. The number of para-hydroxylation sites is 1. The van der Waals surface area contributed by atoms with Crippen LogP contribution in [0.4, 0.5) is 5.69 Å². The van der Waals surface area contributed by atoms with Gasteiger partial charge in [0.25, 0.3) is 5.91 Å². The number of rotatable bonds is 15. The number of carbonyl (C=O) groups is 3. The van der Waals surface area contributed by atoms with E-state index in [1.807, 2.05) is 56.3 Å². The van der Waals surface area contributed by atoms with Gasteiger partial charge >= 0.3 is 0 Å². The summed E-state index contributed by atoms with van der Waals surface area (Å²) in [6.45, 7) is 13.0. The monoisotopic (exact) mass is 647 g/mol. The smallest absolute Gasteiger partial charge is 0.253 e. The summed E-state index contributed by atoms with van der Waals surface area (Å²) in [5, 5.41) is 9.70. The minimum atomic E-state index is -1.16. The minimum absolute atomic E-state index is 0.114. The van der Waals surface area contributed by atoms with Crippen molar-refractivity contribution in [2.75, 3.05) is 31.1 Å². The van der Waals surface area contributed by atoms with E-state index in [0.717, 1.165) is 24.0 Å². The first-order valence-electron chi connectivity index (χ1n) is 16.4. The summed E-state index contributed by atoms with van der Waals surface area (Å²) in [7, 11) is 0. The van der Waals surface area contributed by atoms with Crippen LogP contribution in [0.15, 0.2) is 73.8 Å². The summed E-state index contributed by atoms with van der Waals surface area (Å²) in [4.78, 5) is 49.2. The van der Waals surface area contributed by atoms with E-state index in [2.05, 4.69) is 13.2 Å². The highest BCUT2D eigenvalue weighted by atomic mass is 35.5. The SMILES string of the molecule is C=CCN(Cc1ccccc1)C(=O)[C@H]1[C@H]2C(=O)N(CCCCCCO)C(C(=O)N(CC=C)c3c(C)cccc3Cl)C23CC[C@]1(C)O3. The summed E-state index contributed by atoms with van der Waals surface area (Å²) in [6.07, 6.45) is 7.37.